The van der Waals surface area contributed by atoms with Gasteiger partial charge < -0.3 is 9.64 Å². The zero-order chi connectivity index (χ0) is 14.7. The summed E-state index contributed by atoms with van der Waals surface area (Å²) in [5.74, 6) is 1.88. The number of fused-ring (bicyclic) bond motifs is 1. The normalized spacial score (nSPS) is 15.2. The molecule has 1 aliphatic heterocycles. The number of thioether (sulfide) groups is 1. The molecule has 0 saturated carbocycles. The number of carbonyl (C=O) groups is 1. The quantitative estimate of drug-likeness (QED) is 0.816. The van der Waals surface area contributed by atoms with Gasteiger partial charge >= 0.3 is 5.97 Å². The van der Waals surface area contributed by atoms with E-state index >= 15 is 0 Å². The van der Waals surface area contributed by atoms with Crippen LogP contribution in [-0.4, -0.2) is 42.2 Å². The third-order valence-corrected chi connectivity index (χ3v) is 4.51. The smallest absolute Gasteiger partial charge is 0.341 e. The Morgan fingerprint density at radius 3 is 2.86 bits per heavy atom. The van der Waals surface area contributed by atoms with Crippen molar-refractivity contribution in [3.63, 3.8) is 0 Å². The summed E-state index contributed by atoms with van der Waals surface area (Å²) in [5.41, 5.74) is 2.46. The maximum Gasteiger partial charge on any atom is 0.341 e. The van der Waals surface area contributed by atoms with E-state index in [-0.39, 0.29) is 5.97 Å². The number of nitrogens with zero attached hydrogens (tertiary/aromatic N) is 2. The van der Waals surface area contributed by atoms with Crippen molar-refractivity contribution >= 4 is 34.3 Å². The van der Waals surface area contributed by atoms with Crippen molar-refractivity contribution in [1.29, 1.82) is 0 Å². The van der Waals surface area contributed by atoms with Gasteiger partial charge in [-0.15, -0.1) is 0 Å². The number of ether oxygens (including phenoxy) is 1. The number of pyridine rings is 1. The summed E-state index contributed by atoms with van der Waals surface area (Å²) in [7, 11) is 0. The third-order valence-electron chi connectivity index (χ3n) is 3.57. The molecule has 0 spiro atoms. The molecule has 1 aliphatic rings. The molecule has 0 unspecified atom stereocenters. The van der Waals surface area contributed by atoms with Crippen LogP contribution in [0.15, 0.2) is 30.5 Å². The minimum Gasteiger partial charge on any atom is -0.462 e. The molecule has 0 N–H and O–H groups in total. The van der Waals surface area contributed by atoms with Gasteiger partial charge in [0.2, 0.25) is 0 Å². The van der Waals surface area contributed by atoms with E-state index in [1.807, 2.05) is 43.0 Å². The van der Waals surface area contributed by atoms with E-state index in [0.29, 0.717) is 12.2 Å². The Bertz CT molecular complexity index is 654. The average Bonchev–Trinajstić information content (AvgIpc) is 2.55. The molecule has 3 rings (SSSR count). The molecule has 5 heteroatoms. The Labute approximate surface area is 128 Å². The summed E-state index contributed by atoms with van der Waals surface area (Å²) in [6, 6.07) is 7.96. The second kappa shape index (κ2) is 6.35. The van der Waals surface area contributed by atoms with Gasteiger partial charge in [0.05, 0.1) is 17.8 Å². The molecule has 1 aromatic heterocycles. The number of aromatic nitrogens is 1. The molecule has 21 heavy (non-hydrogen) atoms. The lowest BCUT2D eigenvalue weighted by Gasteiger charge is -2.30. The highest BCUT2D eigenvalue weighted by molar-refractivity contribution is 7.99. The van der Waals surface area contributed by atoms with Gasteiger partial charge in [0.15, 0.2) is 0 Å². The lowest BCUT2D eigenvalue weighted by molar-refractivity contribution is 0.0527. The van der Waals surface area contributed by atoms with Gasteiger partial charge in [0.1, 0.15) is 5.56 Å². The van der Waals surface area contributed by atoms with Gasteiger partial charge in [-0.3, -0.25) is 4.98 Å². The largest absolute Gasteiger partial charge is 0.462 e. The van der Waals surface area contributed by atoms with Crippen molar-refractivity contribution in [1.82, 2.24) is 4.98 Å². The average molecular weight is 302 g/mol. The van der Waals surface area contributed by atoms with Gasteiger partial charge in [-0.05, 0) is 13.0 Å². The summed E-state index contributed by atoms with van der Waals surface area (Å²) in [5, 5.41) is 1.02. The number of hydrogen-bond donors (Lipinski definition) is 0. The van der Waals surface area contributed by atoms with Gasteiger partial charge in [0, 0.05) is 36.2 Å². The Kier molecular flexibility index (Phi) is 4.29. The molecule has 1 saturated heterocycles. The highest BCUT2D eigenvalue weighted by Gasteiger charge is 2.22. The van der Waals surface area contributed by atoms with Crippen LogP contribution in [0.1, 0.15) is 17.3 Å². The summed E-state index contributed by atoms with van der Waals surface area (Å²) >= 11 is 1.95. The van der Waals surface area contributed by atoms with Gasteiger partial charge in [0.25, 0.3) is 0 Å². The van der Waals surface area contributed by atoms with Crippen LogP contribution >= 0.6 is 11.8 Å². The fourth-order valence-electron chi connectivity index (χ4n) is 2.61. The Morgan fingerprint density at radius 2 is 2.10 bits per heavy atom. The van der Waals surface area contributed by atoms with E-state index in [2.05, 4.69) is 9.88 Å². The van der Waals surface area contributed by atoms with E-state index in [9.17, 15) is 4.79 Å². The Balaban J connectivity index is 2.14. The number of anilines is 1. The van der Waals surface area contributed by atoms with Gasteiger partial charge in [-0.2, -0.15) is 11.8 Å². The van der Waals surface area contributed by atoms with Crippen LogP contribution in [0.4, 0.5) is 5.69 Å². The lowest BCUT2D eigenvalue weighted by Crippen LogP contribution is -2.34. The fraction of sp³-hybridized carbons (Fsp3) is 0.375. The molecular formula is C16H18N2O2S. The standard InChI is InChI=1S/C16H18N2O2S/c1-2-20-16(19)13-11-17-14-6-4-3-5-12(14)15(13)18-7-9-21-10-8-18/h3-6,11H,2,7-10H2,1H3. The Morgan fingerprint density at radius 1 is 1.33 bits per heavy atom. The molecule has 1 fully saturated rings. The maximum absolute atomic E-state index is 12.3. The van der Waals surface area contributed by atoms with Gasteiger partial charge in [-0.25, -0.2) is 4.79 Å². The monoisotopic (exact) mass is 302 g/mol. The molecule has 2 heterocycles. The van der Waals surface area contributed by atoms with Crippen LogP contribution in [-0.2, 0) is 4.74 Å². The first-order valence-electron chi connectivity index (χ1n) is 7.19. The molecule has 110 valence electrons. The highest BCUT2D eigenvalue weighted by Crippen LogP contribution is 2.31. The predicted octanol–water partition coefficient (Wildman–Crippen LogP) is 2.96. The van der Waals surface area contributed by atoms with Crippen LogP contribution in [0.5, 0.6) is 0 Å². The van der Waals surface area contributed by atoms with Crippen molar-refractivity contribution in [2.24, 2.45) is 0 Å². The second-order valence-corrected chi connectivity index (χ2v) is 6.08. The molecule has 0 radical (unpaired) electrons. The molecule has 0 bridgehead atoms. The minimum atomic E-state index is -0.288. The molecule has 2 aromatic rings. The number of hydrogen-bond acceptors (Lipinski definition) is 5. The minimum absolute atomic E-state index is 0.288. The third kappa shape index (κ3) is 2.83. The first-order chi connectivity index (χ1) is 10.3. The fourth-order valence-corrected chi connectivity index (χ4v) is 3.52. The van der Waals surface area contributed by atoms with E-state index in [1.54, 1.807) is 6.20 Å². The predicted molar refractivity (Wildman–Crippen MR) is 87.2 cm³/mol. The van der Waals surface area contributed by atoms with Crippen LogP contribution in [0, 0.1) is 0 Å². The number of rotatable bonds is 3. The number of benzene rings is 1. The zero-order valence-electron chi connectivity index (χ0n) is 12.0. The van der Waals surface area contributed by atoms with Crippen molar-refractivity contribution in [2.75, 3.05) is 36.1 Å². The molecule has 4 nitrogen and oxygen atoms in total. The zero-order valence-corrected chi connectivity index (χ0v) is 12.9. The Hall–Kier alpha value is -1.75. The lowest BCUT2D eigenvalue weighted by atomic mass is 10.1. The number of esters is 1. The number of para-hydroxylation sites is 1. The maximum atomic E-state index is 12.3. The van der Waals surface area contributed by atoms with Crippen LogP contribution < -0.4 is 4.90 Å². The summed E-state index contributed by atoms with van der Waals surface area (Å²) in [6.07, 6.45) is 1.65. The summed E-state index contributed by atoms with van der Waals surface area (Å²) in [4.78, 5) is 18.9. The highest BCUT2D eigenvalue weighted by atomic mass is 32.2. The van der Waals surface area contributed by atoms with Crippen molar-refractivity contribution in [2.45, 2.75) is 6.92 Å². The van der Waals surface area contributed by atoms with E-state index in [4.69, 9.17) is 4.74 Å². The van der Waals surface area contributed by atoms with Crippen LogP contribution in [0.25, 0.3) is 10.9 Å². The van der Waals surface area contributed by atoms with E-state index < -0.39 is 0 Å². The van der Waals surface area contributed by atoms with Crippen LogP contribution in [0.3, 0.4) is 0 Å². The first kappa shape index (κ1) is 14.2. The van der Waals surface area contributed by atoms with Gasteiger partial charge in [-0.1, -0.05) is 18.2 Å². The summed E-state index contributed by atoms with van der Waals surface area (Å²) in [6.45, 7) is 4.10. The topological polar surface area (TPSA) is 42.4 Å². The van der Waals surface area contributed by atoms with E-state index in [0.717, 1.165) is 41.2 Å². The van der Waals surface area contributed by atoms with E-state index in [1.165, 1.54) is 0 Å². The van der Waals surface area contributed by atoms with Crippen molar-refractivity contribution in [3.05, 3.63) is 36.0 Å². The molecule has 0 aliphatic carbocycles. The second-order valence-electron chi connectivity index (χ2n) is 4.86. The van der Waals surface area contributed by atoms with Crippen molar-refractivity contribution < 1.29 is 9.53 Å². The molecule has 0 amide bonds. The van der Waals surface area contributed by atoms with Crippen molar-refractivity contribution in [3.8, 4) is 0 Å². The number of carbonyl (C=O) groups excluding carboxylic acids is 1. The first-order valence-corrected chi connectivity index (χ1v) is 8.34. The van der Waals surface area contributed by atoms with Crippen LogP contribution in [0.2, 0.25) is 0 Å². The summed E-state index contributed by atoms with van der Waals surface area (Å²) < 4.78 is 5.20. The molecular weight excluding hydrogens is 284 g/mol. The molecule has 0 atom stereocenters. The SMILES string of the molecule is CCOC(=O)c1cnc2ccccc2c1N1CCSCC1. The molecule has 1 aromatic carbocycles.